The Morgan fingerprint density at radius 1 is 1.12 bits per heavy atom. The van der Waals surface area contributed by atoms with Gasteiger partial charge in [-0.3, -0.25) is 19.5 Å². The Kier molecular flexibility index (Phi) is 5.22. The number of halogens is 1. The summed E-state index contributed by atoms with van der Waals surface area (Å²) in [6.07, 6.45) is 3.14. The molecule has 1 aliphatic rings. The zero-order chi connectivity index (χ0) is 23.1. The SMILES string of the molecule is COc1cccc2cc(C(=O)C3=C(O)C(=O)N(c4cccc(Br)c4)C3c3ccncc3)oc12. The van der Waals surface area contributed by atoms with Crippen LogP contribution in [0.1, 0.15) is 22.2 Å². The highest BCUT2D eigenvalue weighted by Crippen LogP contribution is 2.43. The van der Waals surface area contributed by atoms with E-state index in [0.29, 0.717) is 28.0 Å². The number of hydrogen-bond donors (Lipinski definition) is 1. The molecule has 1 atom stereocenters. The van der Waals surface area contributed by atoms with Crippen molar-refractivity contribution >= 4 is 44.3 Å². The highest BCUT2D eigenvalue weighted by Gasteiger charge is 2.45. The Morgan fingerprint density at radius 2 is 1.88 bits per heavy atom. The molecular formula is C25H17BrN2O5. The van der Waals surface area contributed by atoms with Gasteiger partial charge in [-0.25, -0.2) is 0 Å². The minimum atomic E-state index is -0.864. The van der Waals surface area contributed by atoms with Crippen molar-refractivity contribution in [3.05, 3.63) is 100 Å². The second-order valence-corrected chi connectivity index (χ2v) is 8.33. The number of Topliss-reactive ketones (excluding diaryl/α,β-unsaturated/α-hetero) is 1. The van der Waals surface area contributed by atoms with Crippen LogP contribution in [0.4, 0.5) is 5.69 Å². The van der Waals surface area contributed by atoms with Gasteiger partial charge in [-0.15, -0.1) is 0 Å². The van der Waals surface area contributed by atoms with Crippen LogP contribution in [-0.2, 0) is 4.79 Å². The van der Waals surface area contributed by atoms with E-state index in [2.05, 4.69) is 20.9 Å². The van der Waals surface area contributed by atoms with Crippen LogP contribution in [0.3, 0.4) is 0 Å². The van der Waals surface area contributed by atoms with E-state index in [1.807, 2.05) is 6.07 Å². The third kappa shape index (κ3) is 3.48. The average molecular weight is 505 g/mol. The molecule has 0 spiro atoms. The molecule has 8 heteroatoms. The molecule has 33 heavy (non-hydrogen) atoms. The molecule has 4 aromatic rings. The van der Waals surface area contributed by atoms with Crippen molar-refractivity contribution in [3.63, 3.8) is 0 Å². The lowest BCUT2D eigenvalue weighted by Gasteiger charge is -2.26. The molecule has 1 N–H and O–H groups in total. The summed E-state index contributed by atoms with van der Waals surface area (Å²) >= 11 is 3.42. The number of aromatic nitrogens is 1. The van der Waals surface area contributed by atoms with Crippen LogP contribution in [-0.4, -0.2) is 28.9 Å². The van der Waals surface area contributed by atoms with Crippen LogP contribution in [0, 0.1) is 0 Å². The molecule has 0 radical (unpaired) electrons. The molecule has 0 saturated carbocycles. The van der Waals surface area contributed by atoms with Gasteiger partial charge in [0.05, 0.1) is 18.7 Å². The summed E-state index contributed by atoms with van der Waals surface area (Å²) in [7, 11) is 1.51. The molecule has 2 aromatic carbocycles. The van der Waals surface area contributed by atoms with Crippen molar-refractivity contribution < 1.29 is 23.8 Å². The van der Waals surface area contributed by atoms with Gasteiger partial charge < -0.3 is 14.3 Å². The molecule has 1 aliphatic heterocycles. The monoisotopic (exact) mass is 504 g/mol. The van der Waals surface area contributed by atoms with Crippen molar-refractivity contribution in [2.45, 2.75) is 6.04 Å². The number of benzene rings is 2. The van der Waals surface area contributed by atoms with Crippen molar-refractivity contribution in [2.24, 2.45) is 0 Å². The normalized spacial score (nSPS) is 16.0. The Labute approximate surface area is 197 Å². The van der Waals surface area contributed by atoms with Crippen LogP contribution in [0.5, 0.6) is 5.75 Å². The second kappa shape index (κ2) is 8.22. The van der Waals surface area contributed by atoms with Gasteiger partial charge in [-0.2, -0.15) is 0 Å². The predicted octanol–water partition coefficient (Wildman–Crippen LogP) is 5.38. The number of amides is 1. The predicted molar refractivity (Wildman–Crippen MR) is 125 cm³/mol. The largest absolute Gasteiger partial charge is 0.503 e. The second-order valence-electron chi connectivity index (χ2n) is 7.42. The summed E-state index contributed by atoms with van der Waals surface area (Å²) < 4.78 is 11.9. The molecule has 7 nitrogen and oxygen atoms in total. The lowest BCUT2D eigenvalue weighted by Crippen LogP contribution is -2.31. The lowest BCUT2D eigenvalue weighted by molar-refractivity contribution is -0.117. The molecule has 164 valence electrons. The number of ether oxygens (including phenoxy) is 1. The van der Waals surface area contributed by atoms with E-state index in [1.165, 1.54) is 12.0 Å². The number of furan rings is 1. The van der Waals surface area contributed by atoms with E-state index >= 15 is 0 Å². The molecule has 2 aromatic heterocycles. The van der Waals surface area contributed by atoms with Gasteiger partial charge in [-0.05, 0) is 48.0 Å². The fraction of sp³-hybridized carbons (Fsp3) is 0.0800. The van der Waals surface area contributed by atoms with E-state index < -0.39 is 23.5 Å². The maximum Gasteiger partial charge on any atom is 0.294 e. The number of carbonyl (C=O) groups is 2. The summed E-state index contributed by atoms with van der Waals surface area (Å²) in [4.78, 5) is 32.3. The fourth-order valence-electron chi connectivity index (χ4n) is 4.03. The Morgan fingerprint density at radius 3 is 2.61 bits per heavy atom. The molecular weight excluding hydrogens is 488 g/mol. The topological polar surface area (TPSA) is 92.9 Å². The number of aliphatic hydroxyl groups excluding tert-OH is 1. The van der Waals surface area contributed by atoms with Crippen molar-refractivity contribution in [3.8, 4) is 5.75 Å². The van der Waals surface area contributed by atoms with Gasteiger partial charge in [0.1, 0.15) is 0 Å². The Bertz CT molecular complexity index is 1430. The van der Waals surface area contributed by atoms with Crippen LogP contribution in [0.2, 0.25) is 0 Å². The van der Waals surface area contributed by atoms with E-state index in [9.17, 15) is 14.7 Å². The van der Waals surface area contributed by atoms with Gasteiger partial charge in [0.25, 0.3) is 5.91 Å². The number of aliphatic hydroxyl groups is 1. The van der Waals surface area contributed by atoms with Crippen LogP contribution < -0.4 is 9.64 Å². The Balaban J connectivity index is 1.66. The third-order valence-corrected chi connectivity index (χ3v) is 6.01. The van der Waals surface area contributed by atoms with Gasteiger partial charge in [0, 0.05) is 27.9 Å². The minimum Gasteiger partial charge on any atom is -0.503 e. The first-order valence-corrected chi connectivity index (χ1v) is 10.8. The average Bonchev–Trinajstić information content (AvgIpc) is 3.38. The number of anilines is 1. The van der Waals surface area contributed by atoms with Crippen LogP contribution in [0.15, 0.2) is 93.3 Å². The number of carbonyl (C=O) groups excluding carboxylic acids is 2. The fourth-order valence-corrected chi connectivity index (χ4v) is 4.42. The number of nitrogens with zero attached hydrogens (tertiary/aromatic N) is 2. The van der Waals surface area contributed by atoms with E-state index in [4.69, 9.17) is 9.15 Å². The van der Waals surface area contributed by atoms with Gasteiger partial charge in [0.15, 0.2) is 22.9 Å². The molecule has 3 heterocycles. The van der Waals surface area contributed by atoms with E-state index in [0.717, 1.165) is 4.47 Å². The van der Waals surface area contributed by atoms with Crippen molar-refractivity contribution in [1.29, 1.82) is 0 Å². The first-order chi connectivity index (χ1) is 16.0. The summed E-state index contributed by atoms with van der Waals surface area (Å²) in [6.45, 7) is 0. The number of fused-ring (bicyclic) bond motifs is 1. The molecule has 0 bridgehead atoms. The molecule has 1 unspecified atom stereocenters. The minimum absolute atomic E-state index is 0.000927. The third-order valence-electron chi connectivity index (χ3n) is 5.51. The highest BCUT2D eigenvalue weighted by atomic mass is 79.9. The quantitative estimate of drug-likeness (QED) is 0.366. The van der Waals surface area contributed by atoms with Gasteiger partial charge in [0.2, 0.25) is 5.78 Å². The van der Waals surface area contributed by atoms with E-state index in [1.54, 1.807) is 67.0 Å². The zero-order valence-electron chi connectivity index (χ0n) is 17.4. The van der Waals surface area contributed by atoms with Crippen molar-refractivity contribution in [2.75, 3.05) is 12.0 Å². The summed E-state index contributed by atoms with van der Waals surface area (Å²) in [6, 6.07) is 16.5. The number of pyridine rings is 1. The Hall–Kier alpha value is -3.91. The maximum absolute atomic E-state index is 13.6. The van der Waals surface area contributed by atoms with Crippen LogP contribution >= 0.6 is 15.9 Å². The summed E-state index contributed by atoms with van der Waals surface area (Å²) in [5.41, 5.74) is 1.50. The maximum atomic E-state index is 13.6. The molecule has 0 fully saturated rings. The zero-order valence-corrected chi connectivity index (χ0v) is 18.9. The summed E-state index contributed by atoms with van der Waals surface area (Å²) in [5, 5.41) is 11.5. The number of methoxy groups -OCH3 is 1. The molecule has 5 rings (SSSR count). The first kappa shape index (κ1) is 21.0. The number of para-hydroxylation sites is 1. The number of rotatable bonds is 5. The number of ketones is 1. The lowest BCUT2D eigenvalue weighted by atomic mass is 9.95. The van der Waals surface area contributed by atoms with E-state index in [-0.39, 0.29) is 11.3 Å². The molecule has 0 saturated heterocycles. The van der Waals surface area contributed by atoms with Gasteiger partial charge >= 0.3 is 0 Å². The smallest absolute Gasteiger partial charge is 0.294 e. The highest BCUT2D eigenvalue weighted by molar-refractivity contribution is 9.10. The van der Waals surface area contributed by atoms with Gasteiger partial charge in [-0.1, -0.05) is 34.1 Å². The molecule has 0 aliphatic carbocycles. The number of hydrogen-bond acceptors (Lipinski definition) is 6. The first-order valence-electron chi connectivity index (χ1n) is 10.0. The van der Waals surface area contributed by atoms with Crippen molar-refractivity contribution in [1.82, 2.24) is 4.98 Å². The summed E-state index contributed by atoms with van der Waals surface area (Å²) in [5.74, 6) is -1.40. The molecule has 1 amide bonds. The van der Waals surface area contributed by atoms with Crippen LogP contribution in [0.25, 0.3) is 11.0 Å². The standard InChI is InChI=1S/C25H17BrN2O5/c1-32-18-7-2-4-15-12-19(33-24(15)18)22(29)20-21(14-8-10-27-11-9-14)28(25(31)23(20)30)17-6-3-5-16(26)13-17/h2-13,21,30H,1H3.